The minimum Gasteiger partial charge on any atom is -0.314 e. The number of piperidine rings is 1. The van der Waals surface area contributed by atoms with E-state index in [4.69, 9.17) is 0 Å². The molecule has 3 rings (SSSR count). The molecular weight excluding hydrogens is 400 g/mol. The van der Waals surface area contributed by atoms with Crippen LogP contribution in [0.1, 0.15) is 31.2 Å². The van der Waals surface area contributed by atoms with E-state index in [0.717, 1.165) is 30.9 Å². The second-order valence-electron chi connectivity index (χ2n) is 6.46. The molecule has 130 valence electrons. The summed E-state index contributed by atoms with van der Waals surface area (Å²) in [5, 5.41) is 3.58. The Hall–Kier alpha value is -0.140. The van der Waals surface area contributed by atoms with Crippen LogP contribution in [0.5, 0.6) is 0 Å². The monoisotopic (exact) mass is 422 g/mol. The summed E-state index contributed by atoms with van der Waals surface area (Å²) in [7, 11) is -3.39. The lowest BCUT2D eigenvalue weighted by Gasteiger charge is -2.32. The summed E-state index contributed by atoms with van der Waals surface area (Å²) in [6, 6.07) is 5.87. The number of sulfonamides is 1. The molecule has 1 heterocycles. The summed E-state index contributed by atoms with van der Waals surface area (Å²) in [6.45, 7) is 4.26. The number of nitrogens with one attached hydrogen (secondary N) is 1. The number of aryl methyl sites for hydroxylation is 1. The van der Waals surface area contributed by atoms with Crippen LogP contribution in [-0.2, 0) is 10.0 Å². The van der Waals surface area contributed by atoms with Crippen LogP contribution in [0.25, 0.3) is 0 Å². The van der Waals surface area contributed by atoms with Crippen molar-refractivity contribution >= 4 is 38.4 Å². The maximum atomic E-state index is 12.8. The fourth-order valence-corrected chi connectivity index (χ4v) is 5.53. The SMILES string of the molecule is Cc1ccc(S(=O)(=O)N2CCC(NCC3CC3)CC2)c(Br)c1.Cl. The van der Waals surface area contributed by atoms with Gasteiger partial charge in [-0.2, -0.15) is 4.31 Å². The van der Waals surface area contributed by atoms with Gasteiger partial charge in [0.2, 0.25) is 10.0 Å². The van der Waals surface area contributed by atoms with Gasteiger partial charge in [0.05, 0.1) is 4.90 Å². The first kappa shape index (κ1) is 19.2. The van der Waals surface area contributed by atoms with Crippen molar-refractivity contribution in [1.82, 2.24) is 9.62 Å². The van der Waals surface area contributed by atoms with Gasteiger partial charge in [0.25, 0.3) is 0 Å². The van der Waals surface area contributed by atoms with Gasteiger partial charge in [0, 0.05) is 23.6 Å². The molecule has 1 aliphatic carbocycles. The normalized spacial score (nSPS) is 20.3. The Kier molecular flexibility index (Phi) is 6.53. The molecule has 1 aromatic rings. The standard InChI is InChI=1S/C16H23BrN2O2S.ClH/c1-12-2-5-16(15(17)10-12)22(20,21)19-8-6-14(7-9-19)18-11-13-3-4-13;/h2,5,10,13-14,18H,3-4,6-9,11H2,1H3;1H. The first-order valence-corrected chi connectivity index (χ1v) is 10.2. The summed E-state index contributed by atoms with van der Waals surface area (Å²) >= 11 is 3.39. The number of halogens is 2. The van der Waals surface area contributed by atoms with E-state index in [1.165, 1.54) is 12.8 Å². The number of hydrogen-bond acceptors (Lipinski definition) is 3. The molecule has 0 aromatic heterocycles. The maximum absolute atomic E-state index is 12.8. The average Bonchev–Trinajstić information content (AvgIpc) is 3.29. The van der Waals surface area contributed by atoms with Gasteiger partial charge in [-0.3, -0.25) is 0 Å². The van der Waals surface area contributed by atoms with E-state index in [9.17, 15) is 8.42 Å². The van der Waals surface area contributed by atoms with Crippen molar-refractivity contribution in [3.63, 3.8) is 0 Å². The molecule has 0 radical (unpaired) electrons. The first-order valence-electron chi connectivity index (χ1n) is 7.96. The highest BCUT2D eigenvalue weighted by Crippen LogP contribution is 2.29. The Morgan fingerprint density at radius 3 is 2.43 bits per heavy atom. The Balaban J connectivity index is 0.00000192. The van der Waals surface area contributed by atoms with Crippen molar-refractivity contribution in [3.8, 4) is 0 Å². The molecular formula is C16H24BrClN2O2S. The van der Waals surface area contributed by atoms with Gasteiger partial charge in [-0.15, -0.1) is 12.4 Å². The third-order valence-corrected chi connectivity index (χ3v) is 7.43. The Morgan fingerprint density at radius 2 is 1.87 bits per heavy atom. The summed E-state index contributed by atoms with van der Waals surface area (Å²) in [6.07, 6.45) is 4.49. The Bertz CT molecular complexity index is 641. The largest absolute Gasteiger partial charge is 0.314 e. The van der Waals surface area contributed by atoms with Gasteiger partial charge in [-0.25, -0.2) is 8.42 Å². The molecule has 1 saturated carbocycles. The maximum Gasteiger partial charge on any atom is 0.244 e. The minimum atomic E-state index is -3.39. The zero-order valence-electron chi connectivity index (χ0n) is 13.3. The fourth-order valence-electron chi connectivity index (χ4n) is 2.91. The number of rotatable bonds is 5. The van der Waals surface area contributed by atoms with Crippen LogP contribution in [0.2, 0.25) is 0 Å². The van der Waals surface area contributed by atoms with Crippen molar-refractivity contribution in [2.24, 2.45) is 5.92 Å². The molecule has 1 N–H and O–H groups in total. The van der Waals surface area contributed by atoms with E-state index in [0.29, 0.717) is 28.5 Å². The van der Waals surface area contributed by atoms with E-state index in [1.807, 2.05) is 19.1 Å². The summed E-state index contributed by atoms with van der Waals surface area (Å²) in [4.78, 5) is 0.377. The quantitative estimate of drug-likeness (QED) is 0.790. The highest BCUT2D eigenvalue weighted by Gasteiger charge is 2.31. The van der Waals surface area contributed by atoms with Crippen molar-refractivity contribution in [2.45, 2.75) is 43.5 Å². The van der Waals surface area contributed by atoms with Crippen LogP contribution in [0.4, 0.5) is 0 Å². The molecule has 0 bridgehead atoms. The van der Waals surface area contributed by atoms with E-state index >= 15 is 0 Å². The van der Waals surface area contributed by atoms with Crippen LogP contribution >= 0.6 is 28.3 Å². The van der Waals surface area contributed by atoms with E-state index in [2.05, 4.69) is 21.2 Å². The highest BCUT2D eigenvalue weighted by molar-refractivity contribution is 9.10. The van der Waals surface area contributed by atoms with Gasteiger partial charge >= 0.3 is 0 Å². The van der Waals surface area contributed by atoms with Crippen LogP contribution in [-0.4, -0.2) is 38.4 Å². The number of hydrogen-bond donors (Lipinski definition) is 1. The molecule has 1 saturated heterocycles. The van der Waals surface area contributed by atoms with E-state index in [-0.39, 0.29) is 12.4 Å². The molecule has 23 heavy (non-hydrogen) atoms. The zero-order chi connectivity index (χ0) is 15.7. The molecule has 0 spiro atoms. The van der Waals surface area contributed by atoms with Gasteiger partial charge in [-0.05, 0) is 78.7 Å². The molecule has 1 aromatic carbocycles. The molecule has 7 heteroatoms. The minimum absolute atomic E-state index is 0. The molecule has 0 amide bonds. The molecule has 1 aliphatic heterocycles. The molecule has 2 aliphatic rings. The third-order valence-electron chi connectivity index (χ3n) is 4.55. The van der Waals surface area contributed by atoms with Gasteiger partial charge < -0.3 is 5.32 Å². The van der Waals surface area contributed by atoms with Crippen molar-refractivity contribution in [1.29, 1.82) is 0 Å². The Labute approximate surface area is 153 Å². The lowest BCUT2D eigenvalue weighted by molar-refractivity contribution is 0.288. The number of benzene rings is 1. The van der Waals surface area contributed by atoms with Crippen LogP contribution in [0, 0.1) is 12.8 Å². The predicted molar refractivity (Wildman–Crippen MR) is 98.6 cm³/mol. The van der Waals surface area contributed by atoms with Crippen molar-refractivity contribution < 1.29 is 8.42 Å². The summed E-state index contributed by atoms with van der Waals surface area (Å²) in [5.74, 6) is 0.866. The fraction of sp³-hybridized carbons (Fsp3) is 0.625. The van der Waals surface area contributed by atoms with Gasteiger partial charge in [0.15, 0.2) is 0 Å². The highest BCUT2D eigenvalue weighted by atomic mass is 79.9. The van der Waals surface area contributed by atoms with Crippen molar-refractivity contribution in [3.05, 3.63) is 28.2 Å². The third kappa shape index (κ3) is 4.69. The lowest BCUT2D eigenvalue weighted by atomic mass is 10.1. The molecule has 0 atom stereocenters. The lowest BCUT2D eigenvalue weighted by Crippen LogP contribution is -2.45. The van der Waals surface area contributed by atoms with Crippen molar-refractivity contribution in [2.75, 3.05) is 19.6 Å². The smallest absolute Gasteiger partial charge is 0.244 e. The van der Waals surface area contributed by atoms with E-state index < -0.39 is 10.0 Å². The summed E-state index contributed by atoms with van der Waals surface area (Å²) < 4.78 is 27.8. The predicted octanol–water partition coefficient (Wildman–Crippen LogP) is 3.33. The molecule has 2 fully saturated rings. The molecule has 0 unspecified atom stereocenters. The summed E-state index contributed by atoms with van der Waals surface area (Å²) in [5.41, 5.74) is 1.05. The van der Waals surface area contributed by atoms with Gasteiger partial charge in [-0.1, -0.05) is 6.07 Å². The number of nitrogens with zero attached hydrogens (tertiary/aromatic N) is 1. The van der Waals surface area contributed by atoms with Crippen LogP contribution in [0.3, 0.4) is 0 Å². The second kappa shape index (κ2) is 7.83. The first-order chi connectivity index (χ1) is 10.5. The topological polar surface area (TPSA) is 49.4 Å². The molecule has 4 nitrogen and oxygen atoms in total. The Morgan fingerprint density at radius 1 is 1.22 bits per heavy atom. The van der Waals surface area contributed by atoms with Crippen LogP contribution in [0.15, 0.2) is 27.6 Å². The van der Waals surface area contributed by atoms with Gasteiger partial charge in [0.1, 0.15) is 0 Å². The second-order valence-corrected chi connectivity index (χ2v) is 9.22. The van der Waals surface area contributed by atoms with E-state index in [1.54, 1.807) is 10.4 Å². The zero-order valence-corrected chi connectivity index (χ0v) is 16.5. The average molecular weight is 424 g/mol. The van der Waals surface area contributed by atoms with Crippen LogP contribution < -0.4 is 5.32 Å².